The summed E-state index contributed by atoms with van der Waals surface area (Å²) in [5.41, 5.74) is 6.95. The number of phenols is 1. The van der Waals surface area contributed by atoms with Crippen molar-refractivity contribution in [2.45, 2.75) is 25.8 Å². The van der Waals surface area contributed by atoms with Crippen molar-refractivity contribution in [2.24, 2.45) is 5.73 Å². The highest BCUT2D eigenvalue weighted by molar-refractivity contribution is 5.97. The maximum Gasteiger partial charge on any atom is 0.257 e. The van der Waals surface area contributed by atoms with Crippen LogP contribution in [0.4, 0.5) is 0 Å². The minimum Gasteiger partial charge on any atom is -0.507 e. The molecule has 3 N–H and O–H groups in total. The molecule has 17 heavy (non-hydrogen) atoms. The number of carbonyl (C=O) groups excluding carboxylic acids is 1. The molecule has 0 bridgehead atoms. The Morgan fingerprint density at radius 2 is 2.29 bits per heavy atom. The summed E-state index contributed by atoms with van der Waals surface area (Å²) in [5, 5.41) is 9.89. The number of aromatic hydroxyl groups is 1. The Balaban J connectivity index is 2.22. The molecule has 1 saturated heterocycles. The Labute approximate surface area is 101 Å². The normalized spacial score (nSPS) is 20.4. The van der Waals surface area contributed by atoms with Crippen LogP contribution in [0.3, 0.4) is 0 Å². The molecule has 0 radical (unpaired) electrons. The summed E-state index contributed by atoms with van der Waals surface area (Å²) in [4.78, 5) is 14.0. The van der Waals surface area contributed by atoms with Gasteiger partial charge in [0.1, 0.15) is 5.75 Å². The van der Waals surface area contributed by atoms with E-state index >= 15 is 0 Å². The van der Waals surface area contributed by atoms with Gasteiger partial charge in [-0.25, -0.2) is 0 Å². The number of hydrogen-bond donors (Lipinski definition) is 2. The van der Waals surface area contributed by atoms with E-state index in [1.807, 2.05) is 0 Å². The van der Waals surface area contributed by atoms with Crippen LogP contribution in [0, 0.1) is 6.92 Å². The Morgan fingerprint density at radius 1 is 1.53 bits per heavy atom. The zero-order valence-electron chi connectivity index (χ0n) is 10.0. The van der Waals surface area contributed by atoms with Crippen molar-refractivity contribution in [3.05, 3.63) is 29.3 Å². The van der Waals surface area contributed by atoms with Crippen molar-refractivity contribution in [2.75, 3.05) is 13.1 Å². The molecule has 1 aromatic rings. The Hall–Kier alpha value is -1.55. The van der Waals surface area contributed by atoms with Crippen LogP contribution >= 0.6 is 0 Å². The Bertz CT molecular complexity index is 431. The van der Waals surface area contributed by atoms with Gasteiger partial charge in [0, 0.05) is 19.1 Å². The fourth-order valence-corrected chi connectivity index (χ4v) is 2.20. The number of piperidine rings is 1. The van der Waals surface area contributed by atoms with Crippen LogP contribution in [0.25, 0.3) is 0 Å². The number of benzene rings is 1. The average Bonchev–Trinajstić information content (AvgIpc) is 2.32. The number of phenolic OH excluding ortho intramolecular Hbond substituents is 1. The lowest BCUT2D eigenvalue weighted by atomic mass is 10.0. The molecule has 1 heterocycles. The van der Waals surface area contributed by atoms with Gasteiger partial charge < -0.3 is 15.7 Å². The summed E-state index contributed by atoms with van der Waals surface area (Å²) in [6.07, 6.45) is 1.89. The van der Waals surface area contributed by atoms with Crippen LogP contribution in [0.15, 0.2) is 18.2 Å². The smallest absolute Gasteiger partial charge is 0.257 e. The van der Waals surface area contributed by atoms with Gasteiger partial charge in [0.15, 0.2) is 0 Å². The third kappa shape index (κ3) is 2.42. The topological polar surface area (TPSA) is 66.6 Å². The van der Waals surface area contributed by atoms with Gasteiger partial charge in [-0.1, -0.05) is 12.1 Å². The molecule has 1 aromatic carbocycles. The lowest BCUT2D eigenvalue weighted by molar-refractivity contribution is 0.0705. The summed E-state index contributed by atoms with van der Waals surface area (Å²) in [6, 6.07) is 5.28. The molecule has 1 fully saturated rings. The van der Waals surface area contributed by atoms with Gasteiger partial charge in [-0.05, 0) is 31.4 Å². The predicted octanol–water partition coefficient (Wildman–Crippen LogP) is 1.26. The molecule has 2 rings (SSSR count). The zero-order chi connectivity index (χ0) is 12.4. The number of aryl methyl sites for hydroxylation is 1. The lowest BCUT2D eigenvalue weighted by Crippen LogP contribution is -2.45. The minimum absolute atomic E-state index is 0.0552. The standard InChI is InChI=1S/C13H18N2O2/c1-9-4-2-6-11(12(9)16)13(17)15-7-3-5-10(14)8-15/h2,4,6,10,16H,3,5,7-8,14H2,1H3. The van der Waals surface area contributed by atoms with Crippen molar-refractivity contribution in [3.63, 3.8) is 0 Å². The molecule has 0 aromatic heterocycles. The van der Waals surface area contributed by atoms with E-state index in [4.69, 9.17) is 5.73 Å². The number of para-hydroxylation sites is 1. The van der Waals surface area contributed by atoms with Gasteiger partial charge in [0.05, 0.1) is 5.56 Å². The summed E-state index contributed by atoms with van der Waals surface area (Å²) in [6.45, 7) is 3.08. The minimum atomic E-state index is -0.124. The summed E-state index contributed by atoms with van der Waals surface area (Å²) < 4.78 is 0. The summed E-state index contributed by atoms with van der Waals surface area (Å²) in [5.74, 6) is -0.0435. The number of amides is 1. The molecule has 4 nitrogen and oxygen atoms in total. The molecular weight excluding hydrogens is 216 g/mol. The molecule has 0 saturated carbocycles. The highest BCUT2D eigenvalue weighted by Crippen LogP contribution is 2.24. The van der Waals surface area contributed by atoms with E-state index in [-0.39, 0.29) is 17.7 Å². The first kappa shape index (κ1) is 11.9. The van der Waals surface area contributed by atoms with Crippen LogP contribution in [-0.4, -0.2) is 35.0 Å². The quantitative estimate of drug-likeness (QED) is 0.769. The van der Waals surface area contributed by atoms with E-state index in [0.717, 1.165) is 24.9 Å². The Kier molecular flexibility index (Phi) is 3.33. The molecule has 92 valence electrons. The third-order valence-corrected chi connectivity index (χ3v) is 3.21. The van der Waals surface area contributed by atoms with E-state index < -0.39 is 0 Å². The largest absolute Gasteiger partial charge is 0.507 e. The number of hydrogen-bond acceptors (Lipinski definition) is 3. The van der Waals surface area contributed by atoms with Gasteiger partial charge in [-0.3, -0.25) is 4.79 Å². The zero-order valence-corrected chi connectivity index (χ0v) is 10.0. The predicted molar refractivity (Wildman–Crippen MR) is 66.0 cm³/mol. The first-order valence-electron chi connectivity index (χ1n) is 5.93. The van der Waals surface area contributed by atoms with Gasteiger partial charge in [-0.15, -0.1) is 0 Å². The monoisotopic (exact) mass is 234 g/mol. The second kappa shape index (κ2) is 4.75. The maximum absolute atomic E-state index is 12.2. The van der Waals surface area contributed by atoms with Crippen molar-refractivity contribution in [1.29, 1.82) is 0 Å². The first-order chi connectivity index (χ1) is 8.09. The second-order valence-electron chi connectivity index (χ2n) is 4.62. The molecule has 1 atom stereocenters. The van der Waals surface area contributed by atoms with Crippen LogP contribution in [0.1, 0.15) is 28.8 Å². The Morgan fingerprint density at radius 3 is 3.00 bits per heavy atom. The van der Waals surface area contributed by atoms with E-state index in [1.54, 1.807) is 30.0 Å². The maximum atomic E-state index is 12.2. The first-order valence-corrected chi connectivity index (χ1v) is 5.93. The number of nitrogens with zero attached hydrogens (tertiary/aromatic N) is 1. The van der Waals surface area contributed by atoms with Crippen LogP contribution in [0.2, 0.25) is 0 Å². The van der Waals surface area contributed by atoms with E-state index in [0.29, 0.717) is 12.1 Å². The molecule has 0 spiro atoms. The van der Waals surface area contributed by atoms with Crippen LogP contribution < -0.4 is 5.73 Å². The molecule has 1 unspecified atom stereocenters. The number of nitrogens with two attached hydrogens (primary N) is 1. The van der Waals surface area contributed by atoms with Crippen LogP contribution in [-0.2, 0) is 0 Å². The average molecular weight is 234 g/mol. The van der Waals surface area contributed by atoms with Gasteiger partial charge >= 0.3 is 0 Å². The van der Waals surface area contributed by atoms with Gasteiger partial charge in [-0.2, -0.15) is 0 Å². The second-order valence-corrected chi connectivity index (χ2v) is 4.62. The molecule has 1 amide bonds. The SMILES string of the molecule is Cc1cccc(C(=O)N2CCCC(N)C2)c1O. The van der Waals surface area contributed by atoms with Gasteiger partial charge in [0.2, 0.25) is 0 Å². The number of likely N-dealkylation sites (tertiary alicyclic amines) is 1. The molecule has 4 heteroatoms. The molecular formula is C13H18N2O2. The molecule has 1 aliphatic rings. The van der Waals surface area contributed by atoms with Crippen molar-refractivity contribution in [3.8, 4) is 5.75 Å². The highest BCUT2D eigenvalue weighted by atomic mass is 16.3. The van der Waals surface area contributed by atoms with E-state index in [1.165, 1.54) is 0 Å². The fraction of sp³-hybridized carbons (Fsp3) is 0.462. The van der Waals surface area contributed by atoms with E-state index in [9.17, 15) is 9.90 Å². The fourth-order valence-electron chi connectivity index (χ4n) is 2.20. The van der Waals surface area contributed by atoms with Crippen molar-refractivity contribution < 1.29 is 9.90 Å². The van der Waals surface area contributed by atoms with Gasteiger partial charge in [0.25, 0.3) is 5.91 Å². The summed E-state index contributed by atoms with van der Waals surface area (Å²) >= 11 is 0. The summed E-state index contributed by atoms with van der Waals surface area (Å²) in [7, 11) is 0. The molecule has 0 aliphatic carbocycles. The molecule has 1 aliphatic heterocycles. The highest BCUT2D eigenvalue weighted by Gasteiger charge is 2.24. The van der Waals surface area contributed by atoms with Crippen LogP contribution in [0.5, 0.6) is 5.75 Å². The number of carbonyl (C=O) groups is 1. The van der Waals surface area contributed by atoms with Crippen molar-refractivity contribution >= 4 is 5.91 Å². The van der Waals surface area contributed by atoms with Crippen molar-refractivity contribution in [1.82, 2.24) is 4.90 Å². The van der Waals surface area contributed by atoms with E-state index in [2.05, 4.69) is 0 Å². The lowest BCUT2D eigenvalue weighted by Gasteiger charge is -2.31. The third-order valence-electron chi connectivity index (χ3n) is 3.21. The number of rotatable bonds is 1.